The molecule has 1 aliphatic carbocycles. The molecule has 2 amide bonds. The van der Waals surface area contributed by atoms with Gasteiger partial charge in [-0.3, -0.25) is 9.59 Å². The van der Waals surface area contributed by atoms with Crippen LogP contribution in [0.25, 0.3) is 0 Å². The number of likely N-dealkylation sites (tertiary alicyclic amines) is 1. The van der Waals surface area contributed by atoms with Crippen LogP contribution < -0.4 is 5.32 Å². The van der Waals surface area contributed by atoms with E-state index in [1.165, 1.54) is 0 Å². The molecule has 0 spiro atoms. The van der Waals surface area contributed by atoms with E-state index in [-0.39, 0.29) is 23.7 Å². The van der Waals surface area contributed by atoms with E-state index in [0.717, 1.165) is 51.2 Å². The smallest absolute Gasteiger partial charge is 0.226 e. The fourth-order valence-corrected chi connectivity index (χ4v) is 2.96. The van der Waals surface area contributed by atoms with E-state index in [1.54, 1.807) is 0 Å². The molecule has 21 heavy (non-hydrogen) atoms. The number of rotatable bonds is 6. The SMILES string of the molecule is CC1CCN(C(=O)C2CC2C(=O)NCCCN(C)C)CC1. The predicted octanol–water partition coefficient (Wildman–Crippen LogP) is 0.949. The van der Waals surface area contributed by atoms with Crippen molar-refractivity contribution in [1.82, 2.24) is 15.1 Å². The van der Waals surface area contributed by atoms with Crippen molar-refractivity contribution >= 4 is 11.8 Å². The topological polar surface area (TPSA) is 52.7 Å². The van der Waals surface area contributed by atoms with Crippen molar-refractivity contribution in [3.05, 3.63) is 0 Å². The van der Waals surface area contributed by atoms with Gasteiger partial charge < -0.3 is 15.1 Å². The zero-order valence-electron chi connectivity index (χ0n) is 13.6. The predicted molar refractivity (Wildman–Crippen MR) is 82.8 cm³/mol. The first-order valence-corrected chi connectivity index (χ1v) is 8.20. The van der Waals surface area contributed by atoms with Gasteiger partial charge in [0.25, 0.3) is 0 Å². The van der Waals surface area contributed by atoms with Gasteiger partial charge in [-0.05, 0) is 52.2 Å². The number of nitrogens with one attached hydrogen (secondary N) is 1. The molecule has 120 valence electrons. The molecular formula is C16H29N3O2. The number of nitrogens with zero attached hydrogens (tertiary/aromatic N) is 2. The van der Waals surface area contributed by atoms with Crippen LogP contribution in [0.5, 0.6) is 0 Å². The summed E-state index contributed by atoms with van der Waals surface area (Å²) in [7, 11) is 4.05. The second-order valence-corrected chi connectivity index (χ2v) is 6.90. The molecule has 1 aliphatic heterocycles. The molecule has 0 aromatic carbocycles. The lowest BCUT2D eigenvalue weighted by molar-refractivity contribution is -0.135. The molecule has 2 rings (SSSR count). The molecule has 2 aliphatic rings. The molecule has 1 heterocycles. The summed E-state index contributed by atoms with van der Waals surface area (Å²) in [5.74, 6) is 0.875. The van der Waals surface area contributed by atoms with Crippen LogP contribution >= 0.6 is 0 Å². The number of hydrogen-bond donors (Lipinski definition) is 1. The number of carbonyl (C=O) groups excluding carboxylic acids is 2. The Morgan fingerprint density at radius 1 is 1.19 bits per heavy atom. The molecular weight excluding hydrogens is 266 g/mol. The summed E-state index contributed by atoms with van der Waals surface area (Å²) >= 11 is 0. The highest BCUT2D eigenvalue weighted by atomic mass is 16.2. The summed E-state index contributed by atoms with van der Waals surface area (Å²) in [5, 5.41) is 2.96. The first kappa shape index (κ1) is 16.3. The van der Waals surface area contributed by atoms with Crippen molar-refractivity contribution in [3.63, 3.8) is 0 Å². The van der Waals surface area contributed by atoms with Crippen molar-refractivity contribution in [2.75, 3.05) is 40.3 Å². The highest BCUT2D eigenvalue weighted by molar-refractivity contribution is 5.92. The highest BCUT2D eigenvalue weighted by Gasteiger charge is 2.49. The molecule has 0 aromatic rings. The number of piperidine rings is 1. The molecule has 1 saturated heterocycles. The largest absolute Gasteiger partial charge is 0.356 e. The Morgan fingerprint density at radius 2 is 1.86 bits per heavy atom. The Balaban J connectivity index is 1.66. The standard InChI is InChI=1S/C16H29N3O2/c1-12-5-9-19(10-6-12)16(21)14-11-13(14)15(20)17-7-4-8-18(2)3/h12-14H,4-11H2,1-3H3,(H,17,20). The van der Waals surface area contributed by atoms with Crippen LogP contribution in [0.4, 0.5) is 0 Å². The Morgan fingerprint density at radius 3 is 2.48 bits per heavy atom. The second-order valence-electron chi connectivity index (χ2n) is 6.90. The van der Waals surface area contributed by atoms with E-state index < -0.39 is 0 Å². The fraction of sp³-hybridized carbons (Fsp3) is 0.875. The summed E-state index contributed by atoms with van der Waals surface area (Å²) in [6.07, 6.45) is 3.89. The normalized spacial score (nSPS) is 26.0. The molecule has 0 aromatic heterocycles. The molecule has 2 unspecified atom stereocenters. The maximum atomic E-state index is 12.3. The van der Waals surface area contributed by atoms with Crippen molar-refractivity contribution in [2.24, 2.45) is 17.8 Å². The molecule has 5 heteroatoms. The van der Waals surface area contributed by atoms with E-state index in [2.05, 4.69) is 17.1 Å². The van der Waals surface area contributed by atoms with Crippen molar-refractivity contribution in [2.45, 2.75) is 32.6 Å². The fourth-order valence-electron chi connectivity index (χ4n) is 2.96. The zero-order chi connectivity index (χ0) is 15.4. The van der Waals surface area contributed by atoms with Gasteiger partial charge in [0.05, 0.1) is 11.8 Å². The molecule has 0 bridgehead atoms. The lowest BCUT2D eigenvalue weighted by atomic mass is 9.99. The first-order valence-electron chi connectivity index (χ1n) is 8.20. The van der Waals surface area contributed by atoms with Crippen LogP contribution in [0.2, 0.25) is 0 Å². The van der Waals surface area contributed by atoms with Gasteiger partial charge in [0.15, 0.2) is 0 Å². The van der Waals surface area contributed by atoms with Crippen molar-refractivity contribution in [1.29, 1.82) is 0 Å². The number of hydrogen-bond acceptors (Lipinski definition) is 3. The second kappa shape index (κ2) is 7.25. The quantitative estimate of drug-likeness (QED) is 0.742. The summed E-state index contributed by atoms with van der Waals surface area (Å²) in [5.41, 5.74) is 0. The van der Waals surface area contributed by atoms with Crippen LogP contribution in [-0.2, 0) is 9.59 Å². The summed E-state index contributed by atoms with van der Waals surface area (Å²) < 4.78 is 0. The van der Waals surface area contributed by atoms with Gasteiger partial charge in [-0.1, -0.05) is 6.92 Å². The molecule has 5 nitrogen and oxygen atoms in total. The van der Waals surface area contributed by atoms with Gasteiger partial charge >= 0.3 is 0 Å². The maximum Gasteiger partial charge on any atom is 0.226 e. The van der Waals surface area contributed by atoms with Crippen molar-refractivity contribution < 1.29 is 9.59 Å². The van der Waals surface area contributed by atoms with E-state index in [0.29, 0.717) is 6.54 Å². The Kier molecular flexibility index (Phi) is 5.62. The molecule has 0 radical (unpaired) electrons. The minimum absolute atomic E-state index is 0.0488. The zero-order valence-corrected chi connectivity index (χ0v) is 13.6. The maximum absolute atomic E-state index is 12.3. The average molecular weight is 295 g/mol. The Labute approximate surface area is 128 Å². The Bertz CT molecular complexity index is 376. The molecule has 2 fully saturated rings. The van der Waals surface area contributed by atoms with Crippen LogP contribution in [0.1, 0.15) is 32.6 Å². The Hall–Kier alpha value is -1.10. The van der Waals surface area contributed by atoms with E-state index in [4.69, 9.17) is 0 Å². The monoisotopic (exact) mass is 295 g/mol. The van der Waals surface area contributed by atoms with Gasteiger partial charge in [-0.15, -0.1) is 0 Å². The lowest BCUT2D eigenvalue weighted by Crippen LogP contribution is -2.39. The minimum Gasteiger partial charge on any atom is -0.356 e. The molecule has 1 N–H and O–H groups in total. The van der Waals surface area contributed by atoms with E-state index in [9.17, 15) is 9.59 Å². The van der Waals surface area contributed by atoms with Crippen LogP contribution in [0.15, 0.2) is 0 Å². The average Bonchev–Trinajstić information content (AvgIpc) is 3.23. The van der Waals surface area contributed by atoms with Gasteiger partial charge in [0.1, 0.15) is 0 Å². The summed E-state index contributed by atoms with van der Waals surface area (Å²) in [6.45, 7) is 5.65. The third-order valence-corrected chi connectivity index (χ3v) is 4.62. The summed E-state index contributed by atoms with van der Waals surface area (Å²) in [6, 6.07) is 0. The van der Waals surface area contributed by atoms with Gasteiger partial charge in [-0.25, -0.2) is 0 Å². The van der Waals surface area contributed by atoms with E-state index >= 15 is 0 Å². The lowest BCUT2D eigenvalue weighted by Gasteiger charge is -2.30. The molecule has 2 atom stereocenters. The molecule has 1 saturated carbocycles. The van der Waals surface area contributed by atoms with Crippen LogP contribution in [0, 0.1) is 17.8 Å². The number of amides is 2. The van der Waals surface area contributed by atoms with E-state index in [1.807, 2.05) is 19.0 Å². The van der Waals surface area contributed by atoms with Crippen LogP contribution in [-0.4, -0.2) is 61.9 Å². The third-order valence-electron chi connectivity index (χ3n) is 4.62. The van der Waals surface area contributed by atoms with Gasteiger partial charge in [-0.2, -0.15) is 0 Å². The summed E-state index contributed by atoms with van der Waals surface area (Å²) in [4.78, 5) is 28.4. The highest BCUT2D eigenvalue weighted by Crippen LogP contribution is 2.40. The third kappa shape index (κ3) is 4.70. The number of carbonyl (C=O) groups is 2. The van der Waals surface area contributed by atoms with Gasteiger partial charge in [0, 0.05) is 19.6 Å². The van der Waals surface area contributed by atoms with Crippen LogP contribution in [0.3, 0.4) is 0 Å². The minimum atomic E-state index is -0.0730. The first-order chi connectivity index (χ1) is 9.99. The van der Waals surface area contributed by atoms with Gasteiger partial charge in [0.2, 0.25) is 11.8 Å². The van der Waals surface area contributed by atoms with Crippen molar-refractivity contribution in [3.8, 4) is 0 Å².